The Morgan fingerprint density at radius 1 is 1.03 bits per heavy atom. The van der Waals surface area contributed by atoms with Crippen molar-refractivity contribution in [2.75, 3.05) is 33.9 Å². The highest BCUT2D eigenvalue weighted by molar-refractivity contribution is 7.89. The molecule has 0 saturated heterocycles. The first-order chi connectivity index (χ1) is 14.4. The van der Waals surface area contributed by atoms with Crippen molar-refractivity contribution in [3.05, 3.63) is 65.7 Å². The van der Waals surface area contributed by atoms with E-state index in [1.165, 1.54) is 37.3 Å². The highest BCUT2D eigenvalue weighted by Gasteiger charge is 2.20. The van der Waals surface area contributed by atoms with Gasteiger partial charge in [-0.2, -0.15) is 0 Å². The molecule has 2 rings (SSSR count). The first kappa shape index (κ1) is 23.5. The Hall–Kier alpha value is -2.75. The summed E-state index contributed by atoms with van der Waals surface area (Å²) in [6.45, 7) is 0.774. The molecule has 0 aliphatic heterocycles. The van der Waals surface area contributed by atoms with Crippen LogP contribution < -0.4 is 4.72 Å². The molecule has 0 unspecified atom stereocenters. The maximum absolute atomic E-state index is 13.1. The molecule has 2 aromatic carbocycles. The lowest BCUT2D eigenvalue weighted by atomic mass is 10.1. The molecule has 0 aliphatic rings. The van der Waals surface area contributed by atoms with E-state index in [0.717, 1.165) is 5.56 Å². The zero-order chi connectivity index (χ0) is 22.0. The van der Waals surface area contributed by atoms with Gasteiger partial charge in [-0.25, -0.2) is 13.1 Å². The number of hydrogen-bond donors (Lipinski definition) is 1. The maximum atomic E-state index is 13.1. The van der Waals surface area contributed by atoms with Crippen LogP contribution in [0.3, 0.4) is 0 Å². The van der Waals surface area contributed by atoms with Crippen molar-refractivity contribution < 1.29 is 27.5 Å². The van der Waals surface area contributed by atoms with Crippen LogP contribution in [0.5, 0.6) is 0 Å². The molecule has 162 valence electrons. The number of methoxy groups -OCH3 is 2. The standard InChI is InChI=1S/C21H26N2O6S/c1-28-14-12-22-30(26,27)19-10-6-9-18(15-19)21(25)23(13-11-20(24)29-2)16-17-7-4-3-5-8-17/h3-10,15,22H,11-14,16H2,1-2H3. The van der Waals surface area contributed by atoms with Crippen molar-refractivity contribution in [2.45, 2.75) is 17.9 Å². The number of nitrogens with one attached hydrogen (secondary N) is 1. The molecule has 2 aromatic rings. The molecule has 1 amide bonds. The molecule has 1 N–H and O–H groups in total. The second-order valence-electron chi connectivity index (χ2n) is 6.46. The fourth-order valence-corrected chi connectivity index (χ4v) is 3.78. The quantitative estimate of drug-likeness (QED) is 0.428. The van der Waals surface area contributed by atoms with Gasteiger partial charge in [0.15, 0.2) is 0 Å². The normalized spacial score (nSPS) is 11.1. The van der Waals surface area contributed by atoms with Crippen molar-refractivity contribution in [1.29, 1.82) is 0 Å². The van der Waals surface area contributed by atoms with Gasteiger partial charge in [0.2, 0.25) is 10.0 Å². The van der Waals surface area contributed by atoms with E-state index in [9.17, 15) is 18.0 Å². The van der Waals surface area contributed by atoms with Gasteiger partial charge in [-0.05, 0) is 23.8 Å². The molecule has 0 atom stereocenters. The molecule has 0 heterocycles. The van der Waals surface area contributed by atoms with Crippen LogP contribution in [0.1, 0.15) is 22.3 Å². The van der Waals surface area contributed by atoms with Crippen LogP contribution >= 0.6 is 0 Å². The average molecular weight is 435 g/mol. The molecule has 9 heteroatoms. The van der Waals surface area contributed by atoms with Crippen molar-refractivity contribution in [1.82, 2.24) is 9.62 Å². The Bertz CT molecular complexity index is 947. The van der Waals surface area contributed by atoms with Crippen LogP contribution in [0.2, 0.25) is 0 Å². The lowest BCUT2D eigenvalue weighted by molar-refractivity contribution is -0.140. The van der Waals surface area contributed by atoms with Gasteiger partial charge in [0.1, 0.15) is 0 Å². The van der Waals surface area contributed by atoms with Crippen molar-refractivity contribution >= 4 is 21.9 Å². The minimum Gasteiger partial charge on any atom is -0.469 e. The summed E-state index contributed by atoms with van der Waals surface area (Å²) in [5.74, 6) is -0.809. The minimum atomic E-state index is -3.78. The van der Waals surface area contributed by atoms with E-state index in [2.05, 4.69) is 9.46 Å². The number of carbonyl (C=O) groups is 2. The maximum Gasteiger partial charge on any atom is 0.307 e. The molecule has 8 nitrogen and oxygen atoms in total. The number of carbonyl (C=O) groups excluding carboxylic acids is 2. The van der Waals surface area contributed by atoms with Gasteiger partial charge >= 0.3 is 5.97 Å². The van der Waals surface area contributed by atoms with E-state index in [4.69, 9.17) is 4.74 Å². The molecule has 0 aliphatic carbocycles. The van der Waals surface area contributed by atoms with Crippen LogP contribution in [0.25, 0.3) is 0 Å². The van der Waals surface area contributed by atoms with E-state index in [0.29, 0.717) is 0 Å². The lowest BCUT2D eigenvalue weighted by Gasteiger charge is -2.23. The van der Waals surface area contributed by atoms with Crippen molar-refractivity contribution in [3.8, 4) is 0 Å². The van der Waals surface area contributed by atoms with Crippen molar-refractivity contribution in [2.24, 2.45) is 0 Å². The molecule has 0 radical (unpaired) electrons. The summed E-state index contributed by atoms with van der Waals surface area (Å²) >= 11 is 0. The van der Waals surface area contributed by atoms with Gasteiger partial charge in [0.25, 0.3) is 5.91 Å². The summed E-state index contributed by atoms with van der Waals surface area (Å²) in [6.07, 6.45) is 0.0334. The second kappa shape index (κ2) is 11.4. The Kier molecular flexibility index (Phi) is 8.97. The van der Waals surface area contributed by atoms with E-state index in [1.807, 2.05) is 30.3 Å². The van der Waals surface area contributed by atoms with Gasteiger partial charge in [-0.1, -0.05) is 36.4 Å². The molecule has 0 spiro atoms. The summed E-state index contributed by atoms with van der Waals surface area (Å²) in [7, 11) is -1.01. The number of ether oxygens (including phenoxy) is 2. The number of hydrogen-bond acceptors (Lipinski definition) is 6. The van der Waals surface area contributed by atoms with Gasteiger partial charge in [-0.15, -0.1) is 0 Å². The number of sulfonamides is 1. The van der Waals surface area contributed by atoms with E-state index >= 15 is 0 Å². The van der Waals surface area contributed by atoms with Gasteiger partial charge < -0.3 is 14.4 Å². The summed E-state index contributed by atoms with van der Waals surface area (Å²) in [4.78, 5) is 26.2. The predicted octanol–water partition coefficient (Wildman–Crippen LogP) is 1.82. The Balaban J connectivity index is 2.24. The van der Waals surface area contributed by atoms with Gasteiger partial charge in [-0.3, -0.25) is 9.59 Å². The summed E-state index contributed by atoms with van der Waals surface area (Å²) < 4.78 is 36.8. The third-order valence-corrected chi connectivity index (χ3v) is 5.77. The van der Waals surface area contributed by atoms with Crippen LogP contribution in [-0.2, 0) is 30.8 Å². The highest BCUT2D eigenvalue weighted by Crippen LogP contribution is 2.16. The summed E-state index contributed by atoms with van der Waals surface area (Å²) in [5, 5.41) is 0. The number of rotatable bonds is 11. The largest absolute Gasteiger partial charge is 0.469 e. The SMILES string of the molecule is COCCNS(=O)(=O)c1cccc(C(=O)N(CCC(=O)OC)Cc2ccccc2)c1. The first-order valence-electron chi connectivity index (χ1n) is 9.36. The lowest BCUT2D eigenvalue weighted by Crippen LogP contribution is -2.33. The Morgan fingerprint density at radius 3 is 2.43 bits per heavy atom. The fourth-order valence-electron chi connectivity index (χ4n) is 2.72. The summed E-state index contributed by atoms with van der Waals surface area (Å²) in [5.41, 5.74) is 1.10. The minimum absolute atomic E-state index is 0.0166. The van der Waals surface area contributed by atoms with E-state index < -0.39 is 16.0 Å². The molecular weight excluding hydrogens is 408 g/mol. The Labute approximate surface area is 176 Å². The zero-order valence-corrected chi connectivity index (χ0v) is 17.9. The van der Waals surface area contributed by atoms with Gasteiger partial charge in [0, 0.05) is 32.3 Å². The molecule has 0 bridgehead atoms. The molecule has 30 heavy (non-hydrogen) atoms. The topological polar surface area (TPSA) is 102 Å². The van der Waals surface area contributed by atoms with Crippen LogP contribution in [0.15, 0.2) is 59.5 Å². The average Bonchev–Trinajstić information content (AvgIpc) is 2.76. The van der Waals surface area contributed by atoms with Gasteiger partial charge in [0.05, 0.1) is 25.0 Å². The predicted molar refractivity (Wildman–Crippen MR) is 111 cm³/mol. The molecule has 0 fully saturated rings. The smallest absolute Gasteiger partial charge is 0.307 e. The third kappa shape index (κ3) is 6.94. The molecular formula is C21H26N2O6S. The summed E-state index contributed by atoms with van der Waals surface area (Å²) in [6, 6.07) is 15.1. The molecule has 0 aromatic heterocycles. The third-order valence-electron chi connectivity index (χ3n) is 4.31. The zero-order valence-electron chi connectivity index (χ0n) is 17.0. The van der Waals surface area contributed by atoms with Crippen LogP contribution in [0.4, 0.5) is 0 Å². The second-order valence-corrected chi connectivity index (χ2v) is 8.22. The van der Waals surface area contributed by atoms with Crippen molar-refractivity contribution in [3.63, 3.8) is 0 Å². The number of benzene rings is 2. The fraction of sp³-hybridized carbons (Fsp3) is 0.333. The van der Waals surface area contributed by atoms with E-state index in [1.54, 1.807) is 6.07 Å². The number of esters is 1. The molecule has 0 saturated carbocycles. The van der Waals surface area contributed by atoms with Crippen LogP contribution in [0, 0.1) is 0 Å². The Morgan fingerprint density at radius 2 is 1.77 bits per heavy atom. The highest BCUT2D eigenvalue weighted by atomic mass is 32.2. The monoisotopic (exact) mass is 434 g/mol. The van der Waals surface area contributed by atoms with E-state index in [-0.39, 0.29) is 49.0 Å². The first-order valence-corrected chi connectivity index (χ1v) is 10.8. The van der Waals surface area contributed by atoms with Crippen LogP contribution in [-0.4, -0.2) is 59.1 Å². The number of amides is 1. The number of nitrogens with zero attached hydrogens (tertiary/aromatic N) is 1.